The number of benzene rings is 1. The molecule has 0 N–H and O–H groups in total. The Labute approximate surface area is 205 Å². The molecule has 184 valence electrons. The van der Waals surface area contributed by atoms with E-state index in [2.05, 4.69) is 58.7 Å². The first-order valence-electron chi connectivity index (χ1n) is 13.0. The van der Waals surface area contributed by atoms with E-state index in [1.165, 1.54) is 19.3 Å². The quantitative estimate of drug-likeness (QED) is 0.410. The molecule has 0 saturated heterocycles. The Kier molecular flexibility index (Phi) is 6.81. The molecule has 4 nitrogen and oxygen atoms in total. The minimum absolute atomic E-state index is 0.0730. The van der Waals surface area contributed by atoms with E-state index in [-0.39, 0.29) is 28.3 Å². The molecule has 4 rings (SSSR count). The lowest BCUT2D eigenvalue weighted by molar-refractivity contribution is -0.119. The number of allylic oxidation sites excluding steroid dienone is 4. The van der Waals surface area contributed by atoms with Gasteiger partial charge >= 0.3 is 0 Å². The minimum atomic E-state index is -0.271. The molecule has 1 aromatic rings. The van der Waals surface area contributed by atoms with E-state index in [1.54, 1.807) is 0 Å². The molecule has 2 aliphatic carbocycles. The first-order valence-corrected chi connectivity index (χ1v) is 13.0. The van der Waals surface area contributed by atoms with E-state index < -0.39 is 0 Å². The fraction of sp³-hybridized carbons (Fsp3) is 0.600. The van der Waals surface area contributed by atoms with Crippen LogP contribution in [0, 0.1) is 10.8 Å². The summed E-state index contributed by atoms with van der Waals surface area (Å²) in [6.45, 7) is 11.6. The molecule has 0 radical (unpaired) electrons. The Hall–Kier alpha value is -2.36. The van der Waals surface area contributed by atoms with Gasteiger partial charge in [0.15, 0.2) is 11.6 Å². The fourth-order valence-electron chi connectivity index (χ4n) is 5.97. The average molecular weight is 464 g/mol. The van der Waals surface area contributed by atoms with Gasteiger partial charge in [-0.3, -0.25) is 9.59 Å². The second kappa shape index (κ2) is 9.36. The zero-order valence-corrected chi connectivity index (χ0v) is 21.9. The maximum absolute atomic E-state index is 13.5. The van der Waals surface area contributed by atoms with Crippen molar-refractivity contribution in [3.05, 3.63) is 52.4 Å². The summed E-state index contributed by atoms with van der Waals surface area (Å²) in [5.41, 5.74) is 4.75. The van der Waals surface area contributed by atoms with Gasteiger partial charge in [0.05, 0.1) is 6.61 Å². The van der Waals surface area contributed by atoms with Gasteiger partial charge in [0.1, 0.15) is 5.75 Å². The van der Waals surface area contributed by atoms with E-state index in [0.717, 1.165) is 59.7 Å². The van der Waals surface area contributed by atoms with Crippen molar-refractivity contribution in [2.45, 2.75) is 91.9 Å². The first-order chi connectivity index (χ1) is 16.0. The van der Waals surface area contributed by atoms with Crippen LogP contribution in [0.25, 0.3) is 0 Å². The van der Waals surface area contributed by atoms with Crippen LogP contribution in [0.4, 0.5) is 0 Å². The molecule has 0 bridgehead atoms. The molecule has 0 atom stereocenters. The molecule has 0 amide bonds. The van der Waals surface area contributed by atoms with Crippen molar-refractivity contribution in [1.29, 1.82) is 0 Å². The molecule has 0 aromatic heterocycles. The maximum atomic E-state index is 13.5. The highest BCUT2D eigenvalue weighted by atomic mass is 16.5. The summed E-state index contributed by atoms with van der Waals surface area (Å²) in [6, 6.07) is 8.13. The topological polar surface area (TPSA) is 46.6 Å². The van der Waals surface area contributed by atoms with Crippen LogP contribution in [0.15, 0.2) is 46.8 Å². The zero-order chi connectivity index (χ0) is 24.7. The lowest BCUT2D eigenvalue weighted by Gasteiger charge is -2.47. The van der Waals surface area contributed by atoms with Crippen molar-refractivity contribution in [3.8, 4) is 5.75 Å². The fourth-order valence-corrected chi connectivity index (χ4v) is 5.97. The summed E-state index contributed by atoms with van der Waals surface area (Å²) >= 11 is 0. The largest absolute Gasteiger partial charge is 0.494 e. The second-order valence-electron chi connectivity index (χ2n) is 12.1. The smallest absolute Gasteiger partial charge is 0.162 e. The molecular weight excluding hydrogens is 422 g/mol. The summed E-state index contributed by atoms with van der Waals surface area (Å²) in [5.74, 6) is 0.947. The number of ketones is 2. The number of carbonyl (C=O) groups excluding carboxylic acids is 2. The van der Waals surface area contributed by atoms with Crippen LogP contribution in [0.1, 0.15) is 97.5 Å². The van der Waals surface area contributed by atoms with Gasteiger partial charge in [-0.1, -0.05) is 66.0 Å². The number of carbonyl (C=O) groups is 2. The molecule has 1 aromatic carbocycles. The molecule has 3 aliphatic rings. The van der Waals surface area contributed by atoms with Crippen molar-refractivity contribution in [1.82, 2.24) is 4.90 Å². The van der Waals surface area contributed by atoms with Crippen molar-refractivity contribution in [3.63, 3.8) is 0 Å². The van der Waals surface area contributed by atoms with E-state index >= 15 is 0 Å². The Morgan fingerprint density at radius 3 is 1.85 bits per heavy atom. The first kappa shape index (κ1) is 24.8. The molecular formula is C30H41NO3. The van der Waals surface area contributed by atoms with E-state index in [9.17, 15) is 9.59 Å². The van der Waals surface area contributed by atoms with E-state index in [4.69, 9.17) is 4.74 Å². The number of Topliss-reactive ketones (excluding diaryl/α,β-unsaturated/α-hetero) is 2. The van der Waals surface area contributed by atoms with Crippen molar-refractivity contribution in [2.24, 2.45) is 10.8 Å². The molecule has 34 heavy (non-hydrogen) atoms. The Morgan fingerprint density at radius 1 is 0.824 bits per heavy atom. The van der Waals surface area contributed by atoms with Crippen LogP contribution in [-0.2, 0) is 9.59 Å². The summed E-state index contributed by atoms with van der Waals surface area (Å²) < 4.78 is 5.96. The molecule has 1 aliphatic heterocycles. The van der Waals surface area contributed by atoms with Crippen LogP contribution < -0.4 is 4.74 Å². The second-order valence-corrected chi connectivity index (χ2v) is 12.1. The number of ether oxygens (including phenoxy) is 1. The van der Waals surface area contributed by atoms with Gasteiger partial charge in [0.25, 0.3) is 0 Å². The van der Waals surface area contributed by atoms with Crippen molar-refractivity contribution < 1.29 is 14.3 Å². The van der Waals surface area contributed by atoms with E-state index in [0.29, 0.717) is 12.8 Å². The summed E-state index contributed by atoms with van der Waals surface area (Å²) in [5, 5.41) is 0. The van der Waals surface area contributed by atoms with Crippen LogP contribution in [0.2, 0.25) is 0 Å². The van der Waals surface area contributed by atoms with Crippen molar-refractivity contribution >= 4 is 11.6 Å². The molecule has 0 spiro atoms. The van der Waals surface area contributed by atoms with Gasteiger partial charge < -0.3 is 9.64 Å². The van der Waals surface area contributed by atoms with Gasteiger partial charge in [-0.25, -0.2) is 0 Å². The lowest BCUT2D eigenvalue weighted by atomic mass is 9.64. The lowest BCUT2D eigenvalue weighted by Crippen LogP contribution is -2.43. The third kappa shape index (κ3) is 4.87. The highest BCUT2D eigenvalue weighted by Gasteiger charge is 2.48. The number of hydrogen-bond donors (Lipinski definition) is 0. The third-order valence-electron chi connectivity index (χ3n) is 7.66. The highest BCUT2D eigenvalue weighted by Crippen LogP contribution is 2.53. The van der Waals surface area contributed by atoms with Gasteiger partial charge in [0.2, 0.25) is 0 Å². The highest BCUT2D eigenvalue weighted by molar-refractivity contribution is 6.06. The summed E-state index contributed by atoms with van der Waals surface area (Å²) in [4.78, 5) is 29.3. The van der Waals surface area contributed by atoms with Crippen LogP contribution in [-0.4, -0.2) is 30.1 Å². The standard InChI is InChI=1S/C30H41NO3/c1-7-8-9-10-15-34-21-13-11-20(12-14-21)26-27-22(16-29(2,3)18-24(27)32)31(6)23-17-30(4,5)19-25(33)28(23)26/h11-14,26H,7-10,15-19H2,1-6H3. The molecule has 0 fully saturated rings. The maximum Gasteiger partial charge on any atom is 0.162 e. The van der Waals surface area contributed by atoms with Gasteiger partial charge in [-0.15, -0.1) is 0 Å². The number of hydrogen-bond acceptors (Lipinski definition) is 4. The number of unbranched alkanes of at least 4 members (excludes halogenated alkanes) is 3. The monoisotopic (exact) mass is 463 g/mol. The SMILES string of the molecule is CCCCCCOc1ccc(C2C3=C(CC(C)(C)CC3=O)N(C)C3=C2C(=O)CC(C)(C)C3)cc1. The van der Waals surface area contributed by atoms with Gasteiger partial charge in [-0.05, 0) is 47.8 Å². The third-order valence-corrected chi connectivity index (χ3v) is 7.66. The molecule has 1 heterocycles. The predicted molar refractivity (Wildman–Crippen MR) is 137 cm³/mol. The molecule has 4 heteroatoms. The Bertz CT molecular complexity index is 972. The zero-order valence-electron chi connectivity index (χ0n) is 21.9. The van der Waals surface area contributed by atoms with E-state index in [1.807, 2.05) is 12.1 Å². The normalized spacial score (nSPS) is 22.1. The number of rotatable bonds is 7. The summed E-state index contributed by atoms with van der Waals surface area (Å²) in [6.07, 6.45) is 7.46. The van der Waals surface area contributed by atoms with Gasteiger partial charge in [-0.2, -0.15) is 0 Å². The van der Waals surface area contributed by atoms with Crippen LogP contribution in [0.5, 0.6) is 5.75 Å². The predicted octanol–water partition coefficient (Wildman–Crippen LogP) is 6.96. The minimum Gasteiger partial charge on any atom is -0.494 e. The van der Waals surface area contributed by atoms with Crippen LogP contribution in [0.3, 0.4) is 0 Å². The Balaban J connectivity index is 1.71. The number of nitrogens with zero attached hydrogens (tertiary/aromatic N) is 1. The molecule has 0 unspecified atom stereocenters. The van der Waals surface area contributed by atoms with Crippen molar-refractivity contribution in [2.75, 3.05) is 13.7 Å². The summed E-state index contributed by atoms with van der Waals surface area (Å²) in [7, 11) is 2.06. The van der Waals surface area contributed by atoms with Gasteiger partial charge in [0, 0.05) is 48.3 Å². The average Bonchev–Trinajstić information content (AvgIpc) is 2.74. The van der Waals surface area contributed by atoms with Crippen LogP contribution >= 0.6 is 0 Å². The molecule has 0 saturated carbocycles. The Morgan fingerprint density at radius 2 is 1.35 bits per heavy atom.